The maximum Gasteiger partial charge on any atom is 0.266 e. The molecule has 0 radical (unpaired) electrons. The molecule has 3 aliphatic carbocycles. The summed E-state index contributed by atoms with van der Waals surface area (Å²) in [6, 6.07) is 4.80. The summed E-state index contributed by atoms with van der Waals surface area (Å²) >= 11 is 0. The average molecular weight is 501 g/mol. The SMILES string of the molecule is C[C@@H](NC(=O)c1cn([C@H]2CC23CCC3)c(=O)cc1NC1[C@H]2CN(C)C[C@@H]12)c1cccc(C(F)F)c1F. The molecule has 1 spiro atoms. The molecule has 3 saturated carbocycles. The van der Waals surface area contributed by atoms with Crippen molar-refractivity contribution in [2.45, 2.75) is 57.2 Å². The molecule has 1 saturated heterocycles. The molecule has 36 heavy (non-hydrogen) atoms. The van der Waals surface area contributed by atoms with Crippen LogP contribution in [-0.2, 0) is 0 Å². The Labute approximate surface area is 207 Å². The third-order valence-electron chi connectivity index (χ3n) is 8.96. The molecule has 192 valence electrons. The number of benzene rings is 1. The van der Waals surface area contributed by atoms with E-state index in [9.17, 15) is 22.8 Å². The van der Waals surface area contributed by atoms with Crippen molar-refractivity contribution in [1.82, 2.24) is 14.8 Å². The molecule has 2 N–H and O–H groups in total. The van der Waals surface area contributed by atoms with Crippen LogP contribution < -0.4 is 16.2 Å². The number of amides is 1. The van der Waals surface area contributed by atoms with Crippen LogP contribution in [0.4, 0.5) is 18.9 Å². The molecule has 2 heterocycles. The standard InChI is InChI=1S/C27H31F3N4O2/c1-14(15-5-3-6-16(23(15)28)25(29)30)31-26(36)19-13-34(21-10-27(21)7-4-8-27)22(35)9-20(19)32-24-17-11-33(2)12-18(17)24/h3,5-6,9,13-14,17-18,21,24-25,32H,4,7-8,10-12H2,1-2H3,(H,31,36)/t14-,17-,18+,21+,24?/m1/s1. The molecular weight excluding hydrogens is 469 g/mol. The summed E-state index contributed by atoms with van der Waals surface area (Å²) in [6.07, 6.45) is 3.00. The molecule has 2 aromatic rings. The predicted molar refractivity (Wildman–Crippen MR) is 130 cm³/mol. The quantitative estimate of drug-likeness (QED) is 0.588. The molecule has 1 aromatic carbocycles. The Kier molecular flexibility index (Phi) is 5.48. The van der Waals surface area contributed by atoms with Crippen LogP contribution in [0.15, 0.2) is 35.3 Å². The fourth-order valence-electron chi connectivity index (χ4n) is 6.53. The Bertz CT molecular complexity index is 1260. The highest BCUT2D eigenvalue weighted by molar-refractivity contribution is 5.99. The number of aromatic nitrogens is 1. The number of alkyl halides is 2. The van der Waals surface area contributed by atoms with Gasteiger partial charge in [0.25, 0.3) is 17.9 Å². The third-order valence-corrected chi connectivity index (χ3v) is 8.96. The van der Waals surface area contributed by atoms with Crippen molar-refractivity contribution in [3.8, 4) is 0 Å². The van der Waals surface area contributed by atoms with Crippen molar-refractivity contribution in [3.05, 3.63) is 63.3 Å². The maximum absolute atomic E-state index is 14.7. The second-order valence-electron chi connectivity index (χ2n) is 11.2. The van der Waals surface area contributed by atoms with Gasteiger partial charge in [0, 0.05) is 43.0 Å². The van der Waals surface area contributed by atoms with E-state index in [2.05, 4.69) is 22.6 Å². The van der Waals surface area contributed by atoms with Crippen molar-refractivity contribution in [3.63, 3.8) is 0 Å². The van der Waals surface area contributed by atoms with Crippen LogP contribution in [0.2, 0.25) is 0 Å². The van der Waals surface area contributed by atoms with Gasteiger partial charge in [-0.3, -0.25) is 9.59 Å². The lowest BCUT2D eigenvalue weighted by atomic mass is 9.81. The number of carbonyl (C=O) groups excluding carboxylic acids is 1. The Morgan fingerprint density at radius 3 is 2.47 bits per heavy atom. The largest absolute Gasteiger partial charge is 0.381 e. The lowest BCUT2D eigenvalue weighted by Gasteiger charge is -2.27. The zero-order chi connectivity index (χ0) is 25.4. The Hall–Kier alpha value is -2.81. The van der Waals surface area contributed by atoms with Gasteiger partial charge in [0.05, 0.1) is 22.9 Å². The molecule has 4 aliphatic rings. The van der Waals surface area contributed by atoms with E-state index in [1.54, 1.807) is 17.7 Å². The first-order valence-corrected chi connectivity index (χ1v) is 12.8. The third kappa shape index (κ3) is 3.83. The van der Waals surface area contributed by atoms with Crippen molar-refractivity contribution in [1.29, 1.82) is 0 Å². The fraction of sp³-hybridized carbons (Fsp3) is 0.556. The maximum atomic E-state index is 14.7. The summed E-state index contributed by atoms with van der Waals surface area (Å²) in [6.45, 7) is 3.52. The van der Waals surface area contributed by atoms with Crippen LogP contribution >= 0.6 is 0 Å². The monoisotopic (exact) mass is 500 g/mol. The Morgan fingerprint density at radius 1 is 1.17 bits per heavy atom. The summed E-state index contributed by atoms with van der Waals surface area (Å²) in [4.78, 5) is 28.8. The average Bonchev–Trinajstić information content (AvgIpc) is 3.65. The van der Waals surface area contributed by atoms with Crippen molar-refractivity contribution >= 4 is 11.6 Å². The van der Waals surface area contributed by atoms with Gasteiger partial charge in [-0.25, -0.2) is 13.2 Å². The number of likely N-dealkylation sites (tertiary alicyclic amines) is 1. The number of rotatable bonds is 7. The summed E-state index contributed by atoms with van der Waals surface area (Å²) in [5.41, 5.74) is 0.180. The van der Waals surface area contributed by atoms with Crippen LogP contribution in [0.1, 0.15) is 72.6 Å². The van der Waals surface area contributed by atoms with E-state index in [-0.39, 0.29) is 28.6 Å². The van der Waals surface area contributed by atoms with E-state index in [1.807, 2.05) is 0 Å². The highest BCUT2D eigenvalue weighted by Crippen LogP contribution is 2.67. The van der Waals surface area contributed by atoms with Crippen molar-refractivity contribution in [2.24, 2.45) is 17.3 Å². The number of anilines is 1. The van der Waals surface area contributed by atoms with Crippen LogP contribution in [0.5, 0.6) is 0 Å². The molecule has 1 aliphatic heterocycles. The fourth-order valence-corrected chi connectivity index (χ4v) is 6.53. The zero-order valence-corrected chi connectivity index (χ0v) is 20.4. The number of fused-ring (bicyclic) bond motifs is 1. The first-order valence-electron chi connectivity index (χ1n) is 12.8. The van der Waals surface area contributed by atoms with E-state index in [0.717, 1.165) is 44.8 Å². The molecule has 0 bridgehead atoms. The molecule has 5 atom stereocenters. The minimum absolute atomic E-state index is 0.000596. The van der Waals surface area contributed by atoms with Crippen LogP contribution in [-0.4, -0.2) is 41.6 Å². The minimum atomic E-state index is -2.94. The number of hydrogen-bond donors (Lipinski definition) is 2. The zero-order valence-electron chi connectivity index (χ0n) is 20.4. The van der Waals surface area contributed by atoms with Gasteiger partial charge in [0.15, 0.2) is 0 Å². The van der Waals surface area contributed by atoms with Gasteiger partial charge in [0.1, 0.15) is 5.82 Å². The Balaban J connectivity index is 1.28. The molecule has 6 nitrogen and oxygen atoms in total. The summed E-state index contributed by atoms with van der Waals surface area (Å²) in [5, 5.41) is 6.22. The van der Waals surface area contributed by atoms with E-state index >= 15 is 0 Å². The second-order valence-corrected chi connectivity index (χ2v) is 11.2. The summed E-state index contributed by atoms with van der Waals surface area (Å²) < 4.78 is 42.8. The molecule has 1 aromatic heterocycles. The number of nitrogens with zero attached hydrogens (tertiary/aromatic N) is 2. The smallest absolute Gasteiger partial charge is 0.266 e. The second kappa shape index (κ2) is 8.36. The van der Waals surface area contributed by atoms with Crippen molar-refractivity contribution in [2.75, 3.05) is 25.5 Å². The van der Waals surface area contributed by atoms with E-state index in [4.69, 9.17) is 0 Å². The normalized spacial score (nSPS) is 28.5. The topological polar surface area (TPSA) is 66.4 Å². The molecule has 4 fully saturated rings. The van der Waals surface area contributed by atoms with Gasteiger partial charge in [-0.15, -0.1) is 0 Å². The highest BCUT2D eigenvalue weighted by atomic mass is 19.3. The number of pyridine rings is 1. The number of carbonyl (C=O) groups is 1. The van der Waals surface area contributed by atoms with Gasteiger partial charge in [-0.05, 0) is 50.5 Å². The molecule has 9 heteroatoms. The number of nitrogens with one attached hydrogen (secondary N) is 2. The van der Waals surface area contributed by atoms with Crippen LogP contribution in [0, 0.1) is 23.1 Å². The summed E-state index contributed by atoms with van der Waals surface area (Å²) in [5.74, 6) is -0.504. The van der Waals surface area contributed by atoms with Gasteiger partial charge >= 0.3 is 0 Å². The Morgan fingerprint density at radius 2 is 1.86 bits per heavy atom. The first-order chi connectivity index (χ1) is 17.2. The highest BCUT2D eigenvalue weighted by Gasteiger charge is 2.59. The molecule has 1 amide bonds. The van der Waals surface area contributed by atoms with E-state index < -0.39 is 29.8 Å². The van der Waals surface area contributed by atoms with Gasteiger partial charge in [-0.1, -0.05) is 24.6 Å². The lowest BCUT2D eigenvalue weighted by molar-refractivity contribution is 0.0939. The minimum Gasteiger partial charge on any atom is -0.381 e. The molecule has 1 unspecified atom stereocenters. The molecule has 6 rings (SSSR count). The number of hydrogen-bond acceptors (Lipinski definition) is 4. The first kappa shape index (κ1) is 23.6. The van der Waals surface area contributed by atoms with Crippen molar-refractivity contribution < 1.29 is 18.0 Å². The summed E-state index contributed by atoms with van der Waals surface area (Å²) in [7, 11) is 2.08. The van der Waals surface area contributed by atoms with E-state index in [0.29, 0.717) is 23.1 Å². The van der Waals surface area contributed by atoms with Gasteiger partial charge in [0.2, 0.25) is 0 Å². The predicted octanol–water partition coefficient (Wildman–Crippen LogP) is 4.50. The molecular formula is C27H31F3N4O2. The lowest BCUT2D eigenvalue weighted by Crippen LogP contribution is -2.32. The van der Waals surface area contributed by atoms with Gasteiger partial charge in [-0.2, -0.15) is 0 Å². The van der Waals surface area contributed by atoms with Crippen LogP contribution in [0.3, 0.4) is 0 Å². The van der Waals surface area contributed by atoms with E-state index in [1.165, 1.54) is 18.2 Å². The number of piperidine rings is 1. The van der Waals surface area contributed by atoms with Crippen LogP contribution in [0.25, 0.3) is 0 Å². The number of halogens is 3. The van der Waals surface area contributed by atoms with Gasteiger partial charge < -0.3 is 20.1 Å².